The smallest absolute Gasteiger partial charge is 0.362 e. The van der Waals surface area contributed by atoms with Gasteiger partial charge in [-0.25, -0.2) is 4.79 Å². The van der Waals surface area contributed by atoms with E-state index < -0.39 is 22.5 Å². The maximum atomic E-state index is 14.1. The van der Waals surface area contributed by atoms with Gasteiger partial charge < -0.3 is 25.7 Å². The van der Waals surface area contributed by atoms with E-state index in [1.54, 1.807) is 23.1 Å². The van der Waals surface area contributed by atoms with Crippen LogP contribution in [0.15, 0.2) is 44.9 Å². The van der Waals surface area contributed by atoms with Gasteiger partial charge in [-0.15, -0.1) is 0 Å². The van der Waals surface area contributed by atoms with E-state index in [-0.39, 0.29) is 51.1 Å². The molecule has 3 amide bonds. The molecule has 0 aliphatic carbocycles. The fourth-order valence-electron chi connectivity index (χ4n) is 4.86. The molecule has 2 aliphatic heterocycles. The molecule has 5 rings (SSSR count). The number of nitrogens with zero attached hydrogens (tertiary/aromatic N) is 2. The lowest BCUT2D eigenvalue weighted by atomic mass is 10.1. The third-order valence-corrected chi connectivity index (χ3v) is 9.30. The second-order valence-corrected chi connectivity index (χ2v) is 11.9. The third-order valence-electron chi connectivity index (χ3n) is 6.96. The van der Waals surface area contributed by atoms with Crippen molar-refractivity contribution >= 4 is 64.2 Å². The predicted octanol–water partition coefficient (Wildman–Crippen LogP) is 5.66. The first-order valence-corrected chi connectivity index (χ1v) is 14.6. The number of nitrogens with two attached hydrogens (primary N) is 1. The van der Waals surface area contributed by atoms with Gasteiger partial charge in [-0.05, 0) is 59.0 Å². The summed E-state index contributed by atoms with van der Waals surface area (Å²) < 4.78 is 33.8. The van der Waals surface area contributed by atoms with Gasteiger partial charge in [0.1, 0.15) is 17.0 Å². The summed E-state index contributed by atoms with van der Waals surface area (Å²) in [7, 11) is 1.48. The van der Waals surface area contributed by atoms with Crippen LogP contribution in [0.2, 0.25) is 10.0 Å². The lowest BCUT2D eigenvalue weighted by Gasteiger charge is -2.29. The van der Waals surface area contributed by atoms with Gasteiger partial charge in [0.05, 0.1) is 22.8 Å². The van der Waals surface area contributed by atoms with Crippen LogP contribution in [-0.2, 0) is 25.0 Å². The van der Waals surface area contributed by atoms with Crippen LogP contribution >= 0.6 is 46.6 Å². The molecule has 0 bridgehead atoms. The van der Waals surface area contributed by atoms with Gasteiger partial charge in [-0.2, -0.15) is 8.78 Å². The first kappa shape index (κ1) is 30.4. The number of benzene rings is 2. The number of alkyl halides is 3. The molecule has 0 spiro atoms. The highest BCUT2D eigenvalue weighted by atomic mass is 35.5. The molecule has 9 nitrogen and oxygen atoms in total. The molecule has 15 heteroatoms. The largest absolute Gasteiger partial charge is 0.495 e. The predicted molar refractivity (Wildman–Crippen MR) is 157 cm³/mol. The number of halogens is 5. The number of amides is 3. The van der Waals surface area contributed by atoms with Crippen molar-refractivity contribution in [1.29, 1.82) is 0 Å². The zero-order valence-electron chi connectivity index (χ0n) is 22.0. The number of ether oxygens (including phenoxy) is 1. The highest BCUT2D eigenvalue weighted by Crippen LogP contribution is 2.43. The molecule has 0 atom stereocenters. The van der Waals surface area contributed by atoms with Gasteiger partial charge in [0.15, 0.2) is 0 Å². The average Bonchev–Trinajstić information content (AvgIpc) is 3.37. The molecule has 0 unspecified atom stereocenters. The molecule has 4 N–H and O–H groups in total. The van der Waals surface area contributed by atoms with Crippen molar-refractivity contribution < 1.29 is 23.1 Å². The number of nitrogens with one attached hydrogen (secondary N) is 2. The molecule has 1 saturated heterocycles. The Morgan fingerprint density at radius 2 is 1.88 bits per heavy atom. The summed E-state index contributed by atoms with van der Waals surface area (Å²) in [4.78, 5) is 44.7. The van der Waals surface area contributed by atoms with Crippen LogP contribution in [-0.4, -0.2) is 42.0 Å². The number of carbonyl (C=O) groups is 2. The summed E-state index contributed by atoms with van der Waals surface area (Å²) in [5, 5.41) is -0.773. The molecule has 1 aromatic heterocycles. The first-order chi connectivity index (χ1) is 19.9. The Kier molecular flexibility index (Phi) is 8.64. The number of fused-ring (bicyclic) bond motifs is 1. The molecular formula is C27H24Cl3F2N5O4S. The molecule has 1 fully saturated rings. The fraction of sp³-hybridized carbons (Fsp3) is 0.296. The molecule has 222 valence electrons. The second-order valence-electron chi connectivity index (χ2n) is 9.60. The molecular weight excluding hydrogens is 635 g/mol. The van der Waals surface area contributed by atoms with Crippen LogP contribution in [0.3, 0.4) is 0 Å². The fourth-order valence-corrected chi connectivity index (χ4v) is 6.70. The summed E-state index contributed by atoms with van der Waals surface area (Å²) in [6, 6.07) is 7.36. The Morgan fingerprint density at radius 1 is 1.17 bits per heavy atom. The Hall–Kier alpha value is -3.03. The highest BCUT2D eigenvalue weighted by molar-refractivity contribution is 7.99. The van der Waals surface area contributed by atoms with Gasteiger partial charge in [-0.1, -0.05) is 41.0 Å². The second kappa shape index (κ2) is 11.9. The van der Waals surface area contributed by atoms with E-state index in [9.17, 15) is 23.2 Å². The van der Waals surface area contributed by atoms with E-state index in [4.69, 9.17) is 45.3 Å². The van der Waals surface area contributed by atoms with Gasteiger partial charge in [0.25, 0.3) is 11.5 Å². The quantitative estimate of drug-likeness (QED) is 0.282. The van der Waals surface area contributed by atoms with E-state index in [0.717, 1.165) is 35.4 Å². The number of pyridine rings is 1. The van der Waals surface area contributed by atoms with Crippen LogP contribution in [0.25, 0.3) is 0 Å². The number of methoxy groups -OCH3 is 1. The lowest BCUT2D eigenvalue weighted by Crippen LogP contribution is -2.46. The van der Waals surface area contributed by atoms with Crippen LogP contribution < -0.4 is 26.2 Å². The highest BCUT2D eigenvalue weighted by Gasteiger charge is 2.35. The number of urea groups is 1. The van der Waals surface area contributed by atoms with Crippen molar-refractivity contribution in [3.63, 3.8) is 0 Å². The maximum Gasteiger partial charge on any atom is 0.362 e. The molecule has 2 aliphatic rings. The van der Waals surface area contributed by atoms with Crippen LogP contribution in [0.4, 0.5) is 19.3 Å². The number of anilines is 1. The molecule has 42 heavy (non-hydrogen) atoms. The summed E-state index contributed by atoms with van der Waals surface area (Å²) in [6.45, 7) is 1.35. The number of rotatable bonds is 7. The Morgan fingerprint density at radius 3 is 2.52 bits per heavy atom. The van der Waals surface area contributed by atoms with Gasteiger partial charge in [0, 0.05) is 42.5 Å². The lowest BCUT2D eigenvalue weighted by molar-refractivity contribution is 0.0740. The summed E-state index contributed by atoms with van der Waals surface area (Å²) in [5.41, 5.74) is 6.00. The van der Waals surface area contributed by atoms with Crippen molar-refractivity contribution in [2.75, 3.05) is 25.1 Å². The van der Waals surface area contributed by atoms with Crippen molar-refractivity contribution in [2.45, 2.75) is 41.2 Å². The number of aromatic nitrogens is 1. The molecule has 3 heterocycles. The topological polar surface area (TPSA) is 121 Å². The Bertz CT molecular complexity index is 1650. The number of hydrogen-bond acceptors (Lipinski definition) is 6. The Balaban J connectivity index is 1.54. The SMILES string of the molecule is COc1cc2c(cc1N1CCCNC1=O)CN(C(=O)c1c(Sc3c(Cl)ccc(CN)c3Cl)cc(C(F)(F)Cl)[nH]c1=O)C2. The number of hydrogen-bond donors (Lipinski definition) is 3. The minimum Gasteiger partial charge on any atom is -0.495 e. The van der Waals surface area contributed by atoms with Crippen LogP contribution in [0.1, 0.15) is 39.2 Å². The standard InChI is InChI=1S/C27H24Cl3F2N5O4S/c1-41-18-8-15-12-36(11-14(15)7-17(18)37-6-2-5-34-26(37)40)25(39)21-19(9-20(27(30,31)32)35-24(21)38)42-23-16(28)4-3-13(10-33)22(23)29/h3-4,7-9H,2,5-6,10-12,33H2,1H3,(H,34,40)(H,35,38). The van der Waals surface area contributed by atoms with Crippen molar-refractivity contribution in [3.05, 3.63) is 78.7 Å². The van der Waals surface area contributed by atoms with E-state index in [1.165, 1.54) is 18.1 Å². The number of carbonyl (C=O) groups excluding carboxylic acids is 2. The van der Waals surface area contributed by atoms with E-state index in [2.05, 4.69) is 5.32 Å². The third kappa shape index (κ3) is 5.78. The van der Waals surface area contributed by atoms with Crippen molar-refractivity contribution in [1.82, 2.24) is 15.2 Å². The zero-order chi connectivity index (χ0) is 30.3. The minimum absolute atomic E-state index is 0.0757. The number of aromatic amines is 1. The summed E-state index contributed by atoms with van der Waals surface area (Å²) in [5.74, 6) is -0.259. The average molecular weight is 659 g/mol. The Labute approximate surface area is 258 Å². The van der Waals surface area contributed by atoms with Gasteiger partial charge >= 0.3 is 11.4 Å². The van der Waals surface area contributed by atoms with Crippen LogP contribution in [0, 0.1) is 0 Å². The molecule has 0 saturated carbocycles. The molecule has 2 aromatic carbocycles. The normalized spacial score (nSPS) is 15.1. The van der Waals surface area contributed by atoms with Crippen molar-refractivity contribution in [3.8, 4) is 5.75 Å². The van der Waals surface area contributed by atoms with E-state index in [1.807, 2.05) is 4.98 Å². The number of H-pyrrole nitrogens is 1. The zero-order valence-corrected chi connectivity index (χ0v) is 25.1. The summed E-state index contributed by atoms with van der Waals surface area (Å²) in [6.07, 6.45) is 0.749. The van der Waals surface area contributed by atoms with E-state index >= 15 is 0 Å². The molecule has 3 aromatic rings. The van der Waals surface area contributed by atoms with Crippen LogP contribution in [0.5, 0.6) is 5.75 Å². The first-order valence-electron chi connectivity index (χ1n) is 12.7. The van der Waals surface area contributed by atoms with Gasteiger partial charge in [-0.3, -0.25) is 14.5 Å². The monoisotopic (exact) mass is 657 g/mol. The van der Waals surface area contributed by atoms with E-state index in [0.29, 0.717) is 30.1 Å². The maximum absolute atomic E-state index is 14.1. The molecule has 0 radical (unpaired) electrons. The van der Waals surface area contributed by atoms with Crippen molar-refractivity contribution in [2.24, 2.45) is 5.73 Å². The summed E-state index contributed by atoms with van der Waals surface area (Å²) >= 11 is 18.9. The van der Waals surface area contributed by atoms with Gasteiger partial charge in [0.2, 0.25) is 0 Å². The minimum atomic E-state index is -3.92.